The zero-order valence-corrected chi connectivity index (χ0v) is 24.9. The lowest BCUT2D eigenvalue weighted by atomic mass is 9.95. The molecule has 0 spiro atoms. The van der Waals surface area contributed by atoms with Crippen LogP contribution in [0.5, 0.6) is 5.75 Å². The van der Waals surface area contributed by atoms with E-state index in [-0.39, 0.29) is 43.8 Å². The average molecular weight is 578 g/mol. The molecule has 2 aromatic rings. The van der Waals surface area contributed by atoms with E-state index in [0.717, 1.165) is 37.5 Å². The van der Waals surface area contributed by atoms with Crippen molar-refractivity contribution in [3.05, 3.63) is 58.6 Å². The molecule has 1 fully saturated rings. The lowest BCUT2D eigenvalue weighted by Crippen LogP contribution is -2.50. The van der Waals surface area contributed by atoms with Gasteiger partial charge >= 0.3 is 0 Å². The van der Waals surface area contributed by atoms with E-state index in [1.165, 1.54) is 10.7 Å². The minimum absolute atomic E-state index is 0.0800. The van der Waals surface area contributed by atoms with Gasteiger partial charge in [0, 0.05) is 30.6 Å². The highest BCUT2D eigenvalue weighted by atomic mass is 35.5. The molecular formula is C29H40ClN3O5S. The monoisotopic (exact) mass is 577 g/mol. The minimum Gasteiger partial charge on any atom is -0.497 e. The average Bonchev–Trinajstić information content (AvgIpc) is 2.91. The largest absolute Gasteiger partial charge is 0.497 e. The molecule has 1 N–H and O–H groups in total. The molecule has 10 heteroatoms. The van der Waals surface area contributed by atoms with Crippen molar-refractivity contribution in [3.8, 4) is 5.75 Å². The molecule has 0 aromatic heterocycles. The Balaban J connectivity index is 1.75. The van der Waals surface area contributed by atoms with Gasteiger partial charge in [-0.05, 0) is 68.5 Å². The maximum absolute atomic E-state index is 13.6. The Kier molecular flexibility index (Phi) is 11.1. The molecule has 1 saturated carbocycles. The summed E-state index contributed by atoms with van der Waals surface area (Å²) in [5, 5.41) is 3.60. The topological polar surface area (TPSA) is 96.0 Å². The molecule has 2 amide bonds. The predicted octanol–water partition coefficient (Wildman–Crippen LogP) is 5.07. The van der Waals surface area contributed by atoms with Gasteiger partial charge in [-0.2, -0.15) is 0 Å². The van der Waals surface area contributed by atoms with Gasteiger partial charge in [0.2, 0.25) is 21.8 Å². The third-order valence-corrected chi connectivity index (χ3v) is 8.86. The fourth-order valence-corrected chi connectivity index (χ4v) is 6.15. The van der Waals surface area contributed by atoms with Gasteiger partial charge in [-0.3, -0.25) is 13.9 Å². The number of rotatable bonds is 12. The summed E-state index contributed by atoms with van der Waals surface area (Å²) in [5.41, 5.74) is 1.99. The highest BCUT2D eigenvalue weighted by Gasteiger charge is 2.28. The Bertz CT molecular complexity index is 1250. The molecule has 2 aromatic carbocycles. The Morgan fingerprint density at radius 1 is 1.13 bits per heavy atom. The molecule has 0 saturated heterocycles. The Morgan fingerprint density at radius 3 is 2.49 bits per heavy atom. The van der Waals surface area contributed by atoms with Crippen LogP contribution in [0.2, 0.25) is 5.02 Å². The quantitative estimate of drug-likeness (QED) is 0.380. The SMILES string of the molecule is COc1cccc(CN(C(=O)CCCN(c2cccc(Cl)c2C)S(C)(=O)=O)[C@@H](C)C(=O)NC2CCCCC2)c1. The molecule has 0 heterocycles. The maximum Gasteiger partial charge on any atom is 0.242 e. The third-order valence-electron chi connectivity index (χ3n) is 7.27. The molecule has 214 valence electrons. The number of halogens is 1. The second-order valence-corrected chi connectivity index (χ2v) is 12.5. The summed E-state index contributed by atoms with van der Waals surface area (Å²) in [6, 6.07) is 12.0. The summed E-state index contributed by atoms with van der Waals surface area (Å²) in [4.78, 5) is 28.3. The smallest absolute Gasteiger partial charge is 0.242 e. The van der Waals surface area contributed by atoms with Crippen molar-refractivity contribution in [1.82, 2.24) is 10.2 Å². The van der Waals surface area contributed by atoms with E-state index in [2.05, 4.69) is 5.32 Å². The highest BCUT2D eigenvalue weighted by Crippen LogP contribution is 2.28. The molecule has 39 heavy (non-hydrogen) atoms. The van der Waals surface area contributed by atoms with E-state index in [0.29, 0.717) is 22.0 Å². The highest BCUT2D eigenvalue weighted by molar-refractivity contribution is 7.92. The van der Waals surface area contributed by atoms with Gasteiger partial charge in [0.15, 0.2) is 0 Å². The van der Waals surface area contributed by atoms with Gasteiger partial charge in [-0.25, -0.2) is 8.42 Å². The number of anilines is 1. The summed E-state index contributed by atoms with van der Waals surface area (Å²) < 4.78 is 31.9. The number of hydrogen-bond donors (Lipinski definition) is 1. The molecule has 1 aliphatic rings. The van der Waals surface area contributed by atoms with Crippen LogP contribution in [0.3, 0.4) is 0 Å². The molecule has 1 aliphatic carbocycles. The van der Waals surface area contributed by atoms with E-state index in [1.807, 2.05) is 24.3 Å². The van der Waals surface area contributed by atoms with E-state index >= 15 is 0 Å². The second kappa shape index (κ2) is 14.0. The van der Waals surface area contributed by atoms with Crippen LogP contribution in [0.15, 0.2) is 42.5 Å². The Hall–Kier alpha value is -2.78. The number of nitrogens with zero attached hydrogens (tertiary/aromatic N) is 2. The molecule has 0 radical (unpaired) electrons. The first-order valence-electron chi connectivity index (χ1n) is 13.5. The lowest BCUT2D eigenvalue weighted by molar-refractivity contribution is -0.141. The normalized spacial score (nSPS) is 14.9. The number of nitrogens with one attached hydrogen (secondary N) is 1. The first-order chi connectivity index (χ1) is 18.5. The van der Waals surface area contributed by atoms with Gasteiger partial charge in [0.05, 0.1) is 19.1 Å². The molecule has 1 atom stereocenters. The van der Waals surface area contributed by atoms with Crippen LogP contribution in [0.25, 0.3) is 0 Å². The van der Waals surface area contributed by atoms with Gasteiger partial charge in [0.1, 0.15) is 11.8 Å². The second-order valence-electron chi connectivity index (χ2n) is 10.2. The number of hydrogen-bond acceptors (Lipinski definition) is 5. The first-order valence-corrected chi connectivity index (χ1v) is 15.7. The van der Waals surface area contributed by atoms with E-state index in [1.54, 1.807) is 44.1 Å². The molecule has 8 nitrogen and oxygen atoms in total. The van der Waals surface area contributed by atoms with Crippen LogP contribution >= 0.6 is 11.6 Å². The Morgan fingerprint density at radius 2 is 1.82 bits per heavy atom. The first kappa shape index (κ1) is 30.8. The van der Waals surface area contributed by atoms with Crippen molar-refractivity contribution in [2.45, 2.75) is 77.4 Å². The third kappa shape index (κ3) is 8.60. The molecule has 0 aliphatic heterocycles. The maximum atomic E-state index is 13.6. The standard InChI is InChI=1S/C29H40ClN3O5S/c1-21-26(30)15-9-16-27(21)33(39(4,36)37)18-10-17-28(34)32(20-23-11-8-14-25(19-23)38-3)22(2)29(35)31-24-12-6-5-7-13-24/h8-9,11,14-16,19,22,24H,5-7,10,12-13,17-18,20H2,1-4H3,(H,31,35)/t22-/m0/s1. The van der Waals surface area contributed by atoms with E-state index in [9.17, 15) is 18.0 Å². The minimum atomic E-state index is -3.61. The van der Waals surface area contributed by atoms with Crippen LogP contribution in [0, 0.1) is 6.92 Å². The van der Waals surface area contributed by atoms with Crippen molar-refractivity contribution < 1.29 is 22.7 Å². The number of benzene rings is 2. The fourth-order valence-electron chi connectivity index (χ4n) is 4.97. The predicted molar refractivity (Wildman–Crippen MR) is 156 cm³/mol. The van der Waals surface area contributed by atoms with Gasteiger partial charge in [-0.1, -0.05) is 49.1 Å². The van der Waals surface area contributed by atoms with Crippen LogP contribution < -0.4 is 14.4 Å². The zero-order valence-electron chi connectivity index (χ0n) is 23.3. The van der Waals surface area contributed by atoms with Gasteiger partial charge < -0.3 is 15.0 Å². The molecule has 3 rings (SSSR count). The Labute approximate surface area is 237 Å². The van der Waals surface area contributed by atoms with Gasteiger partial charge in [0.25, 0.3) is 0 Å². The van der Waals surface area contributed by atoms with Crippen LogP contribution in [-0.2, 0) is 26.2 Å². The number of sulfonamides is 1. The fraction of sp³-hybridized carbons (Fsp3) is 0.517. The molecule has 0 bridgehead atoms. The van der Waals surface area contributed by atoms with Crippen LogP contribution in [-0.4, -0.2) is 57.1 Å². The van der Waals surface area contributed by atoms with E-state index in [4.69, 9.17) is 16.3 Å². The van der Waals surface area contributed by atoms with Crippen molar-refractivity contribution in [2.24, 2.45) is 0 Å². The van der Waals surface area contributed by atoms with Crippen molar-refractivity contribution in [2.75, 3.05) is 24.2 Å². The van der Waals surface area contributed by atoms with E-state index < -0.39 is 16.1 Å². The van der Waals surface area contributed by atoms with Crippen molar-refractivity contribution in [3.63, 3.8) is 0 Å². The summed E-state index contributed by atoms with van der Waals surface area (Å²) >= 11 is 6.24. The van der Waals surface area contributed by atoms with Crippen LogP contribution in [0.4, 0.5) is 5.69 Å². The number of amides is 2. The number of carbonyl (C=O) groups excluding carboxylic acids is 2. The summed E-state index contributed by atoms with van der Waals surface area (Å²) in [5.74, 6) is 0.269. The van der Waals surface area contributed by atoms with Crippen LogP contribution in [0.1, 0.15) is 63.0 Å². The molecule has 0 unspecified atom stereocenters. The number of carbonyl (C=O) groups is 2. The van der Waals surface area contributed by atoms with Gasteiger partial charge in [-0.15, -0.1) is 0 Å². The molecular weight excluding hydrogens is 538 g/mol. The summed E-state index contributed by atoms with van der Waals surface area (Å²) in [6.07, 6.45) is 6.77. The number of methoxy groups -OCH3 is 1. The zero-order chi connectivity index (χ0) is 28.6. The summed E-state index contributed by atoms with van der Waals surface area (Å²) in [6.45, 7) is 3.86. The number of ether oxygens (including phenoxy) is 1. The lowest BCUT2D eigenvalue weighted by Gasteiger charge is -2.31. The summed E-state index contributed by atoms with van der Waals surface area (Å²) in [7, 11) is -2.03. The van der Waals surface area contributed by atoms with Crippen molar-refractivity contribution >= 4 is 39.1 Å². The van der Waals surface area contributed by atoms with Crippen molar-refractivity contribution in [1.29, 1.82) is 0 Å².